The van der Waals surface area contributed by atoms with Gasteiger partial charge >= 0.3 is 5.97 Å². The molecule has 0 saturated heterocycles. The minimum Gasteiger partial charge on any atom is -0.477 e. The maximum absolute atomic E-state index is 12.4. The van der Waals surface area contributed by atoms with Crippen molar-refractivity contribution in [3.8, 4) is 5.82 Å². The first-order valence-electron chi connectivity index (χ1n) is 6.89. The second-order valence-electron chi connectivity index (χ2n) is 5.45. The number of aromatic nitrogens is 3. The second-order valence-corrected chi connectivity index (χ2v) is 5.45. The third-order valence-corrected chi connectivity index (χ3v) is 3.37. The van der Waals surface area contributed by atoms with Gasteiger partial charge in [0.15, 0.2) is 0 Å². The van der Waals surface area contributed by atoms with Crippen molar-refractivity contribution in [1.82, 2.24) is 14.3 Å². The van der Waals surface area contributed by atoms with Crippen LogP contribution < -0.4 is 5.56 Å². The molecule has 0 fully saturated rings. The molecule has 0 aromatic carbocycles. The lowest BCUT2D eigenvalue weighted by Gasteiger charge is -2.12. The van der Waals surface area contributed by atoms with Crippen LogP contribution in [0.5, 0.6) is 0 Å². The van der Waals surface area contributed by atoms with Crippen molar-refractivity contribution in [1.29, 1.82) is 0 Å². The van der Waals surface area contributed by atoms with Crippen LogP contribution in [0, 0.1) is 12.8 Å². The molecule has 112 valence electrons. The minimum absolute atomic E-state index is 0.200. The number of pyridine rings is 1. The maximum atomic E-state index is 12.4. The molecule has 0 amide bonds. The van der Waals surface area contributed by atoms with Crippen molar-refractivity contribution in [2.75, 3.05) is 0 Å². The number of aromatic carboxylic acids is 1. The summed E-state index contributed by atoms with van der Waals surface area (Å²) < 4.78 is 3.06. The zero-order chi connectivity index (χ0) is 15.6. The van der Waals surface area contributed by atoms with Gasteiger partial charge in [-0.1, -0.05) is 13.8 Å². The van der Waals surface area contributed by atoms with Crippen molar-refractivity contribution in [2.45, 2.75) is 33.7 Å². The lowest BCUT2D eigenvalue weighted by atomic mass is 10.1. The quantitative estimate of drug-likeness (QED) is 0.914. The van der Waals surface area contributed by atoms with Crippen molar-refractivity contribution in [3.63, 3.8) is 0 Å². The average Bonchev–Trinajstić information content (AvgIpc) is 2.84. The Bertz CT molecular complexity index is 713. The first-order chi connectivity index (χ1) is 9.91. The maximum Gasteiger partial charge on any atom is 0.341 e. The van der Waals surface area contributed by atoms with Crippen LogP contribution in [-0.4, -0.2) is 25.4 Å². The monoisotopic (exact) mass is 289 g/mol. The van der Waals surface area contributed by atoms with E-state index >= 15 is 0 Å². The molecule has 6 heteroatoms. The fourth-order valence-corrected chi connectivity index (χ4v) is 2.15. The van der Waals surface area contributed by atoms with Crippen LogP contribution in [0.15, 0.2) is 29.3 Å². The number of rotatable bonds is 5. The lowest BCUT2D eigenvalue weighted by molar-refractivity contribution is 0.0693. The van der Waals surface area contributed by atoms with Crippen LogP contribution in [-0.2, 0) is 6.54 Å². The molecule has 0 atom stereocenters. The van der Waals surface area contributed by atoms with Gasteiger partial charge < -0.3 is 5.11 Å². The molecule has 0 aliphatic heterocycles. The Balaban J connectivity index is 2.49. The summed E-state index contributed by atoms with van der Waals surface area (Å²) in [6, 6.07) is 3.34. The van der Waals surface area contributed by atoms with E-state index in [1.54, 1.807) is 36.1 Å². The fraction of sp³-hybridized carbons (Fsp3) is 0.400. The second kappa shape index (κ2) is 5.95. The van der Waals surface area contributed by atoms with E-state index in [1.165, 1.54) is 4.57 Å². The molecule has 1 N–H and O–H groups in total. The SMILES string of the molecule is Cc1ccn(-c2ccnn2CCC(C)C)c(=O)c1C(=O)O. The minimum atomic E-state index is -1.21. The van der Waals surface area contributed by atoms with Crippen molar-refractivity contribution >= 4 is 5.97 Å². The summed E-state index contributed by atoms with van der Waals surface area (Å²) >= 11 is 0. The van der Waals surface area contributed by atoms with E-state index in [1.807, 2.05) is 0 Å². The highest BCUT2D eigenvalue weighted by atomic mass is 16.4. The molecule has 21 heavy (non-hydrogen) atoms. The van der Waals surface area contributed by atoms with E-state index < -0.39 is 11.5 Å². The number of nitrogens with zero attached hydrogens (tertiary/aromatic N) is 3. The van der Waals surface area contributed by atoms with Gasteiger partial charge in [-0.2, -0.15) is 5.10 Å². The summed E-state index contributed by atoms with van der Waals surface area (Å²) in [5.74, 6) is -0.102. The summed E-state index contributed by atoms with van der Waals surface area (Å²) in [5, 5.41) is 13.4. The molecule has 0 spiro atoms. The highest BCUT2D eigenvalue weighted by Gasteiger charge is 2.16. The fourth-order valence-electron chi connectivity index (χ4n) is 2.15. The van der Waals surface area contributed by atoms with Gasteiger partial charge in [-0.25, -0.2) is 9.48 Å². The number of hydrogen-bond donors (Lipinski definition) is 1. The van der Waals surface area contributed by atoms with E-state index in [9.17, 15) is 14.7 Å². The van der Waals surface area contributed by atoms with Crippen molar-refractivity contribution in [3.05, 3.63) is 46.0 Å². The topological polar surface area (TPSA) is 77.1 Å². The Morgan fingerprint density at radius 1 is 1.38 bits per heavy atom. The highest BCUT2D eigenvalue weighted by Crippen LogP contribution is 2.10. The van der Waals surface area contributed by atoms with Gasteiger partial charge in [0.1, 0.15) is 11.4 Å². The Hall–Kier alpha value is -2.37. The van der Waals surface area contributed by atoms with E-state index in [0.717, 1.165) is 6.42 Å². The van der Waals surface area contributed by atoms with Gasteiger partial charge in [0.25, 0.3) is 5.56 Å². The summed E-state index contributed by atoms with van der Waals surface area (Å²) in [7, 11) is 0. The summed E-state index contributed by atoms with van der Waals surface area (Å²) in [6.45, 7) is 6.53. The number of carbonyl (C=O) groups is 1. The first-order valence-corrected chi connectivity index (χ1v) is 6.89. The summed E-state index contributed by atoms with van der Waals surface area (Å²) in [6.07, 6.45) is 4.14. The van der Waals surface area contributed by atoms with E-state index in [2.05, 4.69) is 18.9 Å². The van der Waals surface area contributed by atoms with Crippen LogP contribution in [0.4, 0.5) is 0 Å². The van der Waals surface area contributed by atoms with Crippen LogP contribution >= 0.6 is 0 Å². The molecule has 0 bridgehead atoms. The molecule has 6 nitrogen and oxygen atoms in total. The molecular formula is C15H19N3O3. The molecule has 0 aliphatic carbocycles. The number of aryl methyl sites for hydroxylation is 2. The zero-order valence-electron chi connectivity index (χ0n) is 12.4. The van der Waals surface area contributed by atoms with Crippen molar-refractivity contribution < 1.29 is 9.90 Å². The van der Waals surface area contributed by atoms with Crippen molar-refractivity contribution in [2.24, 2.45) is 5.92 Å². The summed E-state index contributed by atoms with van der Waals surface area (Å²) in [4.78, 5) is 23.6. The van der Waals surface area contributed by atoms with Gasteiger partial charge in [0, 0.05) is 18.8 Å². The van der Waals surface area contributed by atoms with Crippen LogP contribution in [0.25, 0.3) is 5.82 Å². The molecular weight excluding hydrogens is 270 g/mol. The van der Waals surface area contributed by atoms with Crippen LogP contribution in [0.2, 0.25) is 0 Å². The van der Waals surface area contributed by atoms with E-state index in [-0.39, 0.29) is 5.56 Å². The molecule has 0 unspecified atom stereocenters. The number of hydrogen-bond acceptors (Lipinski definition) is 3. The highest BCUT2D eigenvalue weighted by molar-refractivity contribution is 5.88. The number of carboxylic acid groups (broad SMARTS) is 1. The van der Waals surface area contributed by atoms with Gasteiger partial charge in [0.05, 0.1) is 6.20 Å². The predicted molar refractivity (Wildman–Crippen MR) is 79.0 cm³/mol. The molecule has 2 rings (SSSR count). The van der Waals surface area contributed by atoms with Crippen LogP contribution in [0.3, 0.4) is 0 Å². The Morgan fingerprint density at radius 3 is 2.71 bits per heavy atom. The third kappa shape index (κ3) is 3.04. The Morgan fingerprint density at radius 2 is 2.10 bits per heavy atom. The predicted octanol–water partition coefficient (Wildman–Crippen LogP) is 2.09. The lowest BCUT2D eigenvalue weighted by Crippen LogP contribution is -2.27. The van der Waals surface area contributed by atoms with E-state index in [4.69, 9.17) is 0 Å². The smallest absolute Gasteiger partial charge is 0.341 e. The molecule has 0 saturated carbocycles. The molecule has 2 heterocycles. The largest absolute Gasteiger partial charge is 0.477 e. The van der Waals surface area contributed by atoms with E-state index in [0.29, 0.717) is 23.8 Å². The van der Waals surface area contributed by atoms with Gasteiger partial charge in [-0.15, -0.1) is 0 Å². The molecule has 0 aliphatic rings. The normalized spacial score (nSPS) is 11.0. The number of carboxylic acids is 1. The summed E-state index contributed by atoms with van der Waals surface area (Å²) in [5.41, 5.74) is -0.278. The van der Waals surface area contributed by atoms with Gasteiger partial charge in [-0.05, 0) is 30.9 Å². The zero-order valence-corrected chi connectivity index (χ0v) is 12.4. The molecule has 2 aromatic heterocycles. The molecule has 2 aromatic rings. The van der Waals surface area contributed by atoms with Crippen LogP contribution in [0.1, 0.15) is 36.2 Å². The Labute approximate surface area is 122 Å². The Kier molecular flexibility index (Phi) is 4.26. The molecule has 0 radical (unpaired) electrons. The van der Waals surface area contributed by atoms with Gasteiger partial charge in [0.2, 0.25) is 0 Å². The first kappa shape index (κ1) is 15.0. The third-order valence-electron chi connectivity index (χ3n) is 3.37. The standard InChI is InChI=1S/C15H19N3O3/c1-10(2)5-9-18-12(4-7-16-18)17-8-6-11(3)13(14(17)19)15(20)21/h4,6-8,10H,5,9H2,1-3H3,(H,20,21). The average molecular weight is 289 g/mol. The van der Waals surface area contributed by atoms with Gasteiger partial charge in [-0.3, -0.25) is 9.36 Å².